The van der Waals surface area contributed by atoms with Crippen molar-refractivity contribution in [2.45, 2.75) is 20.5 Å². The number of amides is 1. The average molecular weight is 314 g/mol. The van der Waals surface area contributed by atoms with Gasteiger partial charge in [-0.3, -0.25) is 9.59 Å². The number of aromatic nitrogens is 1. The maximum absolute atomic E-state index is 12.0. The summed E-state index contributed by atoms with van der Waals surface area (Å²) < 4.78 is 5.64. The molecule has 5 nitrogen and oxygen atoms in total. The van der Waals surface area contributed by atoms with Gasteiger partial charge in [0.05, 0.1) is 13.2 Å². The van der Waals surface area contributed by atoms with Crippen LogP contribution in [0.15, 0.2) is 47.3 Å². The van der Waals surface area contributed by atoms with Gasteiger partial charge in [-0.1, -0.05) is 37.3 Å². The highest BCUT2D eigenvalue weighted by Gasteiger charge is 2.11. The van der Waals surface area contributed by atoms with E-state index < -0.39 is 0 Å². The number of H-pyrrole nitrogens is 1. The molecule has 0 saturated heterocycles. The van der Waals surface area contributed by atoms with Crippen LogP contribution in [0.25, 0.3) is 0 Å². The number of nitrogens with one attached hydrogen (secondary N) is 2. The number of rotatable bonds is 7. The molecular formula is C18H22N2O3. The van der Waals surface area contributed by atoms with Crippen molar-refractivity contribution < 1.29 is 9.53 Å². The molecule has 1 unspecified atom stereocenters. The number of benzene rings is 1. The number of aromatic amines is 1. The maximum atomic E-state index is 12.0. The Hall–Kier alpha value is -2.40. The minimum atomic E-state index is -0.365. The van der Waals surface area contributed by atoms with Gasteiger partial charge in [-0.25, -0.2) is 0 Å². The molecule has 23 heavy (non-hydrogen) atoms. The summed E-state index contributed by atoms with van der Waals surface area (Å²) in [6.45, 7) is 5.32. The summed E-state index contributed by atoms with van der Waals surface area (Å²) in [7, 11) is 0. The minimum Gasteiger partial charge on any atom is -0.376 e. The molecule has 0 aliphatic carbocycles. The summed E-state index contributed by atoms with van der Waals surface area (Å²) in [5.74, 6) is -0.201. The minimum absolute atomic E-state index is 0.132. The number of ether oxygens (including phenoxy) is 1. The van der Waals surface area contributed by atoms with E-state index in [2.05, 4.69) is 10.3 Å². The van der Waals surface area contributed by atoms with Crippen LogP contribution < -0.4 is 10.9 Å². The summed E-state index contributed by atoms with van der Waals surface area (Å²) in [5.41, 5.74) is 1.62. The summed E-state index contributed by atoms with van der Waals surface area (Å²) in [4.78, 5) is 26.3. The van der Waals surface area contributed by atoms with Crippen LogP contribution in [-0.4, -0.2) is 24.0 Å². The molecule has 5 heteroatoms. The first-order valence-corrected chi connectivity index (χ1v) is 7.66. The van der Waals surface area contributed by atoms with Crippen LogP contribution in [-0.2, 0) is 11.3 Å². The molecule has 2 N–H and O–H groups in total. The Bertz CT molecular complexity index is 695. The Kier molecular flexibility index (Phi) is 6.11. The number of hydrogen-bond acceptors (Lipinski definition) is 3. The lowest BCUT2D eigenvalue weighted by Gasteiger charge is -2.13. The molecule has 1 heterocycles. The third-order valence-corrected chi connectivity index (χ3v) is 3.42. The zero-order chi connectivity index (χ0) is 16.7. The fraction of sp³-hybridized carbons (Fsp3) is 0.333. The smallest absolute Gasteiger partial charge is 0.260 e. The van der Waals surface area contributed by atoms with Crippen molar-refractivity contribution in [1.82, 2.24) is 10.3 Å². The van der Waals surface area contributed by atoms with E-state index in [-0.39, 0.29) is 22.9 Å². The van der Waals surface area contributed by atoms with Gasteiger partial charge in [-0.15, -0.1) is 0 Å². The van der Waals surface area contributed by atoms with Crippen molar-refractivity contribution in [2.24, 2.45) is 5.92 Å². The first-order valence-electron chi connectivity index (χ1n) is 7.66. The summed E-state index contributed by atoms with van der Waals surface area (Å²) in [6.07, 6.45) is 0. The lowest BCUT2D eigenvalue weighted by molar-refractivity contribution is 0.0843. The van der Waals surface area contributed by atoms with E-state index in [1.807, 2.05) is 37.3 Å². The van der Waals surface area contributed by atoms with Crippen molar-refractivity contribution in [1.29, 1.82) is 0 Å². The average Bonchev–Trinajstić information content (AvgIpc) is 2.53. The largest absolute Gasteiger partial charge is 0.376 e. The lowest BCUT2D eigenvalue weighted by Crippen LogP contribution is -2.33. The third kappa shape index (κ3) is 5.38. The first-order chi connectivity index (χ1) is 11.1. The van der Waals surface area contributed by atoms with Crippen LogP contribution in [0.4, 0.5) is 0 Å². The van der Waals surface area contributed by atoms with Crippen molar-refractivity contribution >= 4 is 5.91 Å². The zero-order valence-corrected chi connectivity index (χ0v) is 13.5. The predicted octanol–water partition coefficient (Wildman–Crippen LogP) is 2.27. The zero-order valence-electron chi connectivity index (χ0n) is 13.5. The van der Waals surface area contributed by atoms with Crippen molar-refractivity contribution in [3.05, 3.63) is 69.6 Å². The molecule has 0 aliphatic rings. The number of pyridine rings is 1. The van der Waals surface area contributed by atoms with Crippen LogP contribution in [0, 0.1) is 12.8 Å². The SMILES string of the molecule is Cc1ccc(C(=O)NCC(C)COCc2ccccc2)c(=O)[nH]1. The molecule has 2 aromatic rings. The third-order valence-electron chi connectivity index (χ3n) is 3.42. The normalized spacial score (nSPS) is 11.9. The van der Waals surface area contributed by atoms with Crippen molar-refractivity contribution in [2.75, 3.05) is 13.2 Å². The topological polar surface area (TPSA) is 71.2 Å². The Balaban J connectivity index is 1.74. The molecule has 0 bridgehead atoms. The molecule has 0 radical (unpaired) electrons. The fourth-order valence-electron chi connectivity index (χ4n) is 2.12. The molecule has 0 aliphatic heterocycles. The van der Waals surface area contributed by atoms with E-state index in [1.54, 1.807) is 19.1 Å². The van der Waals surface area contributed by atoms with Crippen LogP contribution in [0.3, 0.4) is 0 Å². The van der Waals surface area contributed by atoms with Gasteiger partial charge in [-0.05, 0) is 30.5 Å². The standard InChI is InChI=1S/C18H22N2O3/c1-13(11-23-12-15-6-4-3-5-7-15)10-19-17(21)16-9-8-14(2)20-18(16)22/h3-9,13H,10-12H2,1-2H3,(H,19,21)(H,20,22). The van der Waals surface area contributed by atoms with Gasteiger partial charge >= 0.3 is 0 Å². The molecule has 2 rings (SSSR count). The quantitative estimate of drug-likeness (QED) is 0.823. The highest BCUT2D eigenvalue weighted by Crippen LogP contribution is 2.03. The first kappa shape index (κ1) is 17.0. The predicted molar refractivity (Wildman–Crippen MR) is 89.4 cm³/mol. The monoisotopic (exact) mass is 314 g/mol. The number of aryl methyl sites for hydroxylation is 1. The van der Waals surface area contributed by atoms with E-state index in [4.69, 9.17) is 4.74 Å². The van der Waals surface area contributed by atoms with Crippen LogP contribution >= 0.6 is 0 Å². The Morgan fingerprint density at radius 2 is 1.96 bits per heavy atom. The van der Waals surface area contributed by atoms with Crippen molar-refractivity contribution in [3.63, 3.8) is 0 Å². The van der Waals surface area contributed by atoms with Crippen LogP contribution in [0.2, 0.25) is 0 Å². The molecule has 1 aromatic carbocycles. The number of carbonyl (C=O) groups excluding carboxylic acids is 1. The molecule has 1 aromatic heterocycles. The highest BCUT2D eigenvalue weighted by molar-refractivity contribution is 5.93. The second-order valence-electron chi connectivity index (χ2n) is 5.70. The summed E-state index contributed by atoms with van der Waals surface area (Å²) in [5, 5.41) is 2.77. The van der Waals surface area contributed by atoms with E-state index in [1.165, 1.54) is 0 Å². The van der Waals surface area contributed by atoms with Gasteiger partial charge < -0.3 is 15.0 Å². The number of hydrogen-bond donors (Lipinski definition) is 2. The maximum Gasteiger partial charge on any atom is 0.260 e. The van der Waals surface area contributed by atoms with Crippen molar-refractivity contribution in [3.8, 4) is 0 Å². The van der Waals surface area contributed by atoms with E-state index in [0.29, 0.717) is 19.8 Å². The molecule has 0 saturated carbocycles. The van der Waals surface area contributed by atoms with Gasteiger partial charge in [0.15, 0.2) is 0 Å². The van der Waals surface area contributed by atoms with Crippen LogP contribution in [0.5, 0.6) is 0 Å². The molecule has 1 atom stereocenters. The van der Waals surface area contributed by atoms with Gasteiger partial charge in [-0.2, -0.15) is 0 Å². The highest BCUT2D eigenvalue weighted by atomic mass is 16.5. The summed E-state index contributed by atoms with van der Waals surface area (Å²) in [6, 6.07) is 13.2. The molecule has 1 amide bonds. The van der Waals surface area contributed by atoms with Gasteiger partial charge in [0, 0.05) is 12.2 Å². The van der Waals surface area contributed by atoms with Gasteiger partial charge in [0.2, 0.25) is 0 Å². The molecular weight excluding hydrogens is 292 g/mol. The molecule has 0 fully saturated rings. The number of carbonyl (C=O) groups is 1. The van der Waals surface area contributed by atoms with E-state index in [9.17, 15) is 9.59 Å². The Morgan fingerprint density at radius 3 is 2.65 bits per heavy atom. The second kappa shape index (κ2) is 8.29. The second-order valence-corrected chi connectivity index (χ2v) is 5.70. The Labute approximate surface area is 135 Å². The molecule has 0 spiro atoms. The van der Waals surface area contributed by atoms with Gasteiger partial charge in [0.1, 0.15) is 5.56 Å². The summed E-state index contributed by atoms with van der Waals surface area (Å²) >= 11 is 0. The van der Waals surface area contributed by atoms with E-state index >= 15 is 0 Å². The van der Waals surface area contributed by atoms with Crippen LogP contribution in [0.1, 0.15) is 28.5 Å². The fourth-order valence-corrected chi connectivity index (χ4v) is 2.12. The van der Waals surface area contributed by atoms with E-state index in [0.717, 1.165) is 11.3 Å². The molecule has 122 valence electrons. The van der Waals surface area contributed by atoms with Gasteiger partial charge in [0.25, 0.3) is 11.5 Å². The Morgan fingerprint density at radius 1 is 1.22 bits per heavy atom. The lowest BCUT2D eigenvalue weighted by atomic mass is 10.2.